The van der Waals surface area contributed by atoms with Crippen LogP contribution in [-0.2, 0) is 9.53 Å². The molecule has 0 bridgehead atoms. The molecule has 0 aliphatic heterocycles. The average Bonchev–Trinajstić information content (AvgIpc) is 2.36. The number of carbonyl (C=O) groups is 2. The van der Waals surface area contributed by atoms with E-state index in [1.54, 1.807) is 31.2 Å². The predicted molar refractivity (Wildman–Crippen MR) is 61.7 cm³/mol. The van der Waals surface area contributed by atoms with E-state index >= 15 is 0 Å². The number of rotatable bonds is 4. The Bertz CT molecular complexity index is 381. The normalized spacial score (nSPS) is 11.4. The Hall–Kier alpha value is -2.08. The van der Waals surface area contributed by atoms with E-state index in [2.05, 4.69) is 5.32 Å². The summed E-state index contributed by atoms with van der Waals surface area (Å²) in [6.07, 6.45) is -0.662. The molecule has 0 aliphatic rings. The number of nitrogens with two attached hydrogens (primary N) is 1. The van der Waals surface area contributed by atoms with Crippen molar-refractivity contribution in [3.8, 4) is 0 Å². The summed E-state index contributed by atoms with van der Waals surface area (Å²) in [6, 6.07) is 7.90. The van der Waals surface area contributed by atoms with Gasteiger partial charge in [-0.15, -0.1) is 0 Å². The lowest BCUT2D eigenvalue weighted by atomic mass is 10.1. The van der Waals surface area contributed by atoms with Gasteiger partial charge in [0, 0.05) is 0 Å². The van der Waals surface area contributed by atoms with Crippen molar-refractivity contribution in [1.29, 1.82) is 0 Å². The topological polar surface area (TPSA) is 93.4 Å². The summed E-state index contributed by atoms with van der Waals surface area (Å²) in [4.78, 5) is 22.8. The number of benzene rings is 1. The molecule has 1 aromatic rings. The first kappa shape index (κ1) is 13.0. The highest BCUT2D eigenvalue weighted by atomic mass is 16.5. The van der Waals surface area contributed by atoms with Crippen LogP contribution in [0, 0.1) is 0 Å². The molecule has 0 spiro atoms. The second-order valence-corrected chi connectivity index (χ2v) is 3.22. The number of alkyl carbamates (subject to hydrolysis) is 1. The van der Waals surface area contributed by atoms with Gasteiger partial charge in [-0.3, -0.25) is 10.2 Å². The molecular weight excluding hydrogens is 222 g/mol. The molecule has 92 valence electrons. The van der Waals surface area contributed by atoms with E-state index in [4.69, 9.17) is 10.6 Å². The van der Waals surface area contributed by atoms with Crippen molar-refractivity contribution in [2.45, 2.75) is 13.0 Å². The van der Waals surface area contributed by atoms with Crippen molar-refractivity contribution in [1.82, 2.24) is 10.7 Å². The van der Waals surface area contributed by atoms with E-state index in [0.29, 0.717) is 5.56 Å². The highest BCUT2D eigenvalue weighted by Gasteiger charge is 2.22. The fourth-order valence-electron chi connectivity index (χ4n) is 1.32. The second kappa shape index (κ2) is 6.49. The molecule has 1 rings (SSSR count). The fourth-order valence-corrected chi connectivity index (χ4v) is 1.32. The number of hydrogen-bond donors (Lipinski definition) is 3. The van der Waals surface area contributed by atoms with Crippen LogP contribution in [0.2, 0.25) is 0 Å². The van der Waals surface area contributed by atoms with Crippen molar-refractivity contribution in [2.24, 2.45) is 5.84 Å². The van der Waals surface area contributed by atoms with Crippen molar-refractivity contribution in [2.75, 3.05) is 6.61 Å². The molecule has 4 N–H and O–H groups in total. The van der Waals surface area contributed by atoms with E-state index in [-0.39, 0.29) is 6.61 Å². The maximum atomic E-state index is 11.5. The van der Waals surface area contributed by atoms with Crippen molar-refractivity contribution in [3.63, 3.8) is 0 Å². The second-order valence-electron chi connectivity index (χ2n) is 3.22. The first-order chi connectivity index (χ1) is 8.19. The van der Waals surface area contributed by atoms with Gasteiger partial charge in [0.05, 0.1) is 6.61 Å². The fraction of sp³-hybridized carbons (Fsp3) is 0.273. The molecular formula is C11H15N3O3. The Morgan fingerprint density at radius 3 is 2.53 bits per heavy atom. The van der Waals surface area contributed by atoms with Gasteiger partial charge >= 0.3 is 6.09 Å². The average molecular weight is 237 g/mol. The number of carbonyl (C=O) groups excluding carboxylic acids is 2. The van der Waals surface area contributed by atoms with Crippen molar-refractivity contribution >= 4 is 12.0 Å². The number of ether oxygens (including phenoxy) is 1. The third-order valence-corrected chi connectivity index (χ3v) is 2.07. The van der Waals surface area contributed by atoms with Gasteiger partial charge in [-0.2, -0.15) is 0 Å². The third kappa shape index (κ3) is 3.76. The largest absolute Gasteiger partial charge is 0.450 e. The lowest BCUT2D eigenvalue weighted by Crippen LogP contribution is -2.43. The van der Waals surface area contributed by atoms with Gasteiger partial charge in [-0.1, -0.05) is 30.3 Å². The van der Waals surface area contributed by atoms with Crippen LogP contribution in [0.5, 0.6) is 0 Å². The SMILES string of the molecule is CCOC(=O)NC(C(=O)NN)c1ccccc1. The molecule has 0 saturated heterocycles. The standard InChI is InChI=1S/C11H15N3O3/c1-2-17-11(16)13-9(10(15)14-12)8-6-4-3-5-7-8/h3-7,9H,2,12H2,1H3,(H,13,16)(H,14,15). The Labute approximate surface area is 99.1 Å². The van der Waals surface area contributed by atoms with Gasteiger partial charge < -0.3 is 10.1 Å². The Kier molecular flexibility index (Phi) is 4.96. The van der Waals surface area contributed by atoms with Crippen molar-refractivity contribution in [3.05, 3.63) is 35.9 Å². The Morgan fingerprint density at radius 1 is 1.35 bits per heavy atom. The highest BCUT2D eigenvalue weighted by Crippen LogP contribution is 2.12. The molecule has 0 radical (unpaired) electrons. The number of nitrogens with one attached hydrogen (secondary N) is 2. The van der Waals surface area contributed by atoms with Crippen LogP contribution >= 0.6 is 0 Å². The van der Waals surface area contributed by atoms with Crippen LogP contribution in [0.4, 0.5) is 4.79 Å². The molecule has 0 aliphatic carbocycles. The molecule has 17 heavy (non-hydrogen) atoms. The van der Waals surface area contributed by atoms with Gasteiger partial charge in [0.15, 0.2) is 0 Å². The maximum absolute atomic E-state index is 11.5. The predicted octanol–water partition coefficient (Wildman–Crippen LogP) is 0.464. The number of hydrazine groups is 1. The highest BCUT2D eigenvalue weighted by molar-refractivity contribution is 5.86. The zero-order valence-corrected chi connectivity index (χ0v) is 9.47. The first-order valence-electron chi connectivity index (χ1n) is 5.17. The van der Waals surface area contributed by atoms with Gasteiger partial charge in [0.1, 0.15) is 6.04 Å². The van der Waals surface area contributed by atoms with E-state index < -0.39 is 18.0 Å². The first-order valence-corrected chi connectivity index (χ1v) is 5.17. The van der Waals surface area contributed by atoms with Crippen molar-refractivity contribution < 1.29 is 14.3 Å². The lowest BCUT2D eigenvalue weighted by molar-refractivity contribution is -0.123. The molecule has 6 heteroatoms. The minimum Gasteiger partial charge on any atom is -0.450 e. The smallest absolute Gasteiger partial charge is 0.408 e. The summed E-state index contributed by atoms with van der Waals surface area (Å²) in [5.74, 6) is 4.56. The summed E-state index contributed by atoms with van der Waals surface area (Å²) in [6.45, 7) is 1.91. The summed E-state index contributed by atoms with van der Waals surface area (Å²) < 4.78 is 4.72. The molecule has 6 nitrogen and oxygen atoms in total. The molecule has 0 saturated carbocycles. The van der Waals surface area contributed by atoms with Gasteiger partial charge in [0.25, 0.3) is 5.91 Å². The summed E-state index contributed by atoms with van der Waals surface area (Å²) >= 11 is 0. The van der Waals surface area contributed by atoms with E-state index in [1.807, 2.05) is 11.5 Å². The molecule has 0 aromatic heterocycles. The van der Waals surface area contributed by atoms with Crippen LogP contribution in [0.15, 0.2) is 30.3 Å². The van der Waals surface area contributed by atoms with E-state index in [9.17, 15) is 9.59 Å². The van der Waals surface area contributed by atoms with Crippen LogP contribution in [0.25, 0.3) is 0 Å². The molecule has 2 amide bonds. The van der Waals surface area contributed by atoms with Gasteiger partial charge in [-0.25, -0.2) is 10.6 Å². The van der Waals surface area contributed by atoms with E-state index in [1.165, 1.54) is 0 Å². The Morgan fingerprint density at radius 2 is 2.00 bits per heavy atom. The molecule has 1 unspecified atom stereocenters. The molecule has 1 atom stereocenters. The maximum Gasteiger partial charge on any atom is 0.408 e. The van der Waals surface area contributed by atoms with Gasteiger partial charge in [0.2, 0.25) is 0 Å². The minimum atomic E-state index is -0.861. The zero-order chi connectivity index (χ0) is 12.7. The quantitative estimate of drug-likeness (QED) is 0.403. The minimum absolute atomic E-state index is 0.234. The molecule has 0 fully saturated rings. The lowest BCUT2D eigenvalue weighted by Gasteiger charge is -2.16. The van der Waals surface area contributed by atoms with E-state index in [0.717, 1.165) is 0 Å². The van der Waals surface area contributed by atoms with Crippen LogP contribution in [-0.4, -0.2) is 18.6 Å². The van der Waals surface area contributed by atoms with Crippen LogP contribution in [0.3, 0.4) is 0 Å². The van der Waals surface area contributed by atoms with Crippen LogP contribution in [0.1, 0.15) is 18.5 Å². The monoisotopic (exact) mass is 237 g/mol. The molecule has 1 aromatic carbocycles. The number of hydrogen-bond acceptors (Lipinski definition) is 4. The number of amides is 2. The summed E-state index contributed by atoms with van der Waals surface area (Å²) in [5, 5.41) is 2.43. The van der Waals surface area contributed by atoms with Gasteiger partial charge in [-0.05, 0) is 12.5 Å². The van der Waals surface area contributed by atoms with Crippen LogP contribution < -0.4 is 16.6 Å². The molecule has 0 heterocycles. The zero-order valence-electron chi connectivity index (χ0n) is 9.47. The third-order valence-electron chi connectivity index (χ3n) is 2.07. The summed E-state index contributed by atoms with van der Waals surface area (Å²) in [7, 11) is 0. The Balaban J connectivity index is 2.82. The summed E-state index contributed by atoms with van der Waals surface area (Å²) in [5.41, 5.74) is 2.63.